The molecule has 0 N–H and O–H groups in total. The predicted octanol–water partition coefficient (Wildman–Crippen LogP) is 1.92. The highest BCUT2D eigenvalue weighted by Crippen LogP contribution is 2.32. The molecule has 1 saturated carbocycles. The van der Waals surface area contributed by atoms with Gasteiger partial charge in [-0.25, -0.2) is 0 Å². The molecule has 2 nitrogen and oxygen atoms in total. The topological polar surface area (TPSA) is 26.3 Å². The van der Waals surface area contributed by atoms with E-state index in [-0.39, 0.29) is 0 Å². The van der Waals surface area contributed by atoms with Crippen molar-refractivity contribution in [3.05, 3.63) is 0 Å². The molecular weight excluding hydrogens is 152 g/mol. The number of carbonyl (C=O) groups is 1. The normalized spacial score (nSPS) is 29.2. The molecule has 2 fully saturated rings. The van der Waals surface area contributed by atoms with Crippen molar-refractivity contribution in [3.63, 3.8) is 0 Å². The Bertz CT molecular complexity index is 167. The Hall–Kier alpha value is -0.370. The molecule has 2 heteroatoms. The second-order valence-electron chi connectivity index (χ2n) is 3.91. The minimum Gasteiger partial charge on any atom is -0.378 e. The SMILES string of the molecule is O=C(CCC1CCCO1)C1CC1. The van der Waals surface area contributed by atoms with Crippen LogP contribution in [0.4, 0.5) is 0 Å². The highest BCUT2D eigenvalue weighted by molar-refractivity contribution is 5.83. The molecule has 2 rings (SSSR count). The van der Waals surface area contributed by atoms with Gasteiger partial charge in [0.25, 0.3) is 0 Å². The van der Waals surface area contributed by atoms with Gasteiger partial charge in [-0.15, -0.1) is 0 Å². The average molecular weight is 168 g/mol. The molecule has 0 amide bonds. The molecule has 68 valence electrons. The van der Waals surface area contributed by atoms with Gasteiger partial charge in [0.2, 0.25) is 0 Å². The highest BCUT2D eigenvalue weighted by atomic mass is 16.5. The van der Waals surface area contributed by atoms with Gasteiger partial charge in [0.1, 0.15) is 5.78 Å². The van der Waals surface area contributed by atoms with Crippen molar-refractivity contribution < 1.29 is 9.53 Å². The second kappa shape index (κ2) is 3.56. The average Bonchev–Trinajstić information content (AvgIpc) is 2.80. The van der Waals surface area contributed by atoms with Gasteiger partial charge >= 0.3 is 0 Å². The Balaban J connectivity index is 1.63. The first kappa shape index (κ1) is 8.24. The van der Waals surface area contributed by atoms with E-state index in [1.54, 1.807) is 0 Å². The highest BCUT2D eigenvalue weighted by Gasteiger charge is 2.29. The van der Waals surface area contributed by atoms with Gasteiger partial charge in [0.05, 0.1) is 6.10 Å². The fraction of sp³-hybridized carbons (Fsp3) is 0.900. The van der Waals surface area contributed by atoms with Crippen molar-refractivity contribution in [1.29, 1.82) is 0 Å². The van der Waals surface area contributed by atoms with E-state index in [1.807, 2.05) is 0 Å². The van der Waals surface area contributed by atoms with E-state index in [9.17, 15) is 4.79 Å². The van der Waals surface area contributed by atoms with Gasteiger partial charge in [-0.05, 0) is 32.1 Å². The Morgan fingerprint density at radius 3 is 2.75 bits per heavy atom. The van der Waals surface area contributed by atoms with Crippen molar-refractivity contribution in [1.82, 2.24) is 0 Å². The molecule has 1 heterocycles. The number of hydrogen-bond acceptors (Lipinski definition) is 2. The number of rotatable bonds is 4. The van der Waals surface area contributed by atoms with E-state index < -0.39 is 0 Å². The van der Waals surface area contributed by atoms with Crippen LogP contribution in [0.25, 0.3) is 0 Å². The molecule has 12 heavy (non-hydrogen) atoms. The quantitative estimate of drug-likeness (QED) is 0.641. The van der Waals surface area contributed by atoms with Gasteiger partial charge in [-0.2, -0.15) is 0 Å². The Morgan fingerprint density at radius 2 is 2.17 bits per heavy atom. The van der Waals surface area contributed by atoms with Gasteiger partial charge in [-0.1, -0.05) is 0 Å². The summed E-state index contributed by atoms with van der Waals surface area (Å²) in [5, 5.41) is 0. The first-order valence-electron chi connectivity index (χ1n) is 5.00. The fourth-order valence-electron chi connectivity index (χ4n) is 1.78. The summed E-state index contributed by atoms with van der Waals surface area (Å²) >= 11 is 0. The van der Waals surface area contributed by atoms with Crippen LogP contribution in [0, 0.1) is 5.92 Å². The van der Waals surface area contributed by atoms with E-state index >= 15 is 0 Å². The summed E-state index contributed by atoms with van der Waals surface area (Å²) in [5.41, 5.74) is 0. The minimum absolute atomic E-state index is 0.396. The van der Waals surface area contributed by atoms with E-state index in [1.165, 1.54) is 6.42 Å². The predicted molar refractivity (Wildman–Crippen MR) is 45.9 cm³/mol. The molecule has 0 aromatic heterocycles. The summed E-state index contributed by atoms with van der Waals surface area (Å²) in [5.74, 6) is 0.914. The number of Topliss-reactive ketones (excluding diaryl/α,β-unsaturated/α-hetero) is 1. The first-order chi connectivity index (χ1) is 5.86. The lowest BCUT2D eigenvalue weighted by molar-refractivity contribution is -0.120. The summed E-state index contributed by atoms with van der Waals surface area (Å²) in [7, 11) is 0. The maximum absolute atomic E-state index is 11.3. The molecule has 1 atom stereocenters. The van der Waals surface area contributed by atoms with Gasteiger partial charge in [-0.3, -0.25) is 4.79 Å². The summed E-state index contributed by atoms with van der Waals surface area (Å²) in [6.45, 7) is 0.905. The maximum Gasteiger partial charge on any atom is 0.136 e. The fourth-order valence-corrected chi connectivity index (χ4v) is 1.78. The van der Waals surface area contributed by atoms with Crippen LogP contribution < -0.4 is 0 Å². The lowest BCUT2D eigenvalue weighted by Crippen LogP contribution is -2.09. The summed E-state index contributed by atoms with van der Waals surface area (Å²) in [4.78, 5) is 11.3. The molecule has 1 unspecified atom stereocenters. The smallest absolute Gasteiger partial charge is 0.136 e. The molecule has 0 bridgehead atoms. The molecule has 0 spiro atoms. The van der Waals surface area contributed by atoms with Crippen LogP contribution in [0.2, 0.25) is 0 Å². The molecule has 1 aliphatic carbocycles. The molecule has 1 saturated heterocycles. The largest absolute Gasteiger partial charge is 0.378 e. The van der Waals surface area contributed by atoms with Crippen molar-refractivity contribution in [3.8, 4) is 0 Å². The van der Waals surface area contributed by atoms with E-state index in [2.05, 4.69) is 0 Å². The number of carbonyl (C=O) groups excluding carboxylic acids is 1. The molecule has 0 radical (unpaired) electrons. The van der Waals surface area contributed by atoms with E-state index in [4.69, 9.17) is 4.74 Å². The molecule has 1 aliphatic heterocycles. The van der Waals surface area contributed by atoms with Crippen LogP contribution in [0.15, 0.2) is 0 Å². The van der Waals surface area contributed by atoms with Crippen LogP contribution in [-0.2, 0) is 9.53 Å². The Labute approximate surface area is 73.3 Å². The molecule has 0 aromatic carbocycles. The van der Waals surface area contributed by atoms with Gasteiger partial charge in [0, 0.05) is 18.9 Å². The van der Waals surface area contributed by atoms with Crippen molar-refractivity contribution in [2.75, 3.05) is 6.61 Å². The lowest BCUT2D eigenvalue weighted by atomic mass is 10.1. The molecule has 0 aromatic rings. The summed E-state index contributed by atoms with van der Waals surface area (Å²) in [6.07, 6.45) is 6.76. The van der Waals surface area contributed by atoms with Crippen LogP contribution in [0.3, 0.4) is 0 Å². The minimum atomic E-state index is 0.396. The summed E-state index contributed by atoms with van der Waals surface area (Å²) < 4.78 is 5.45. The van der Waals surface area contributed by atoms with Gasteiger partial charge < -0.3 is 4.74 Å². The third kappa shape index (κ3) is 2.07. The third-order valence-electron chi connectivity index (χ3n) is 2.77. The van der Waals surface area contributed by atoms with Crippen LogP contribution >= 0.6 is 0 Å². The number of hydrogen-bond donors (Lipinski definition) is 0. The number of ketones is 1. The maximum atomic E-state index is 11.3. The van der Waals surface area contributed by atoms with Crippen LogP contribution in [0.1, 0.15) is 38.5 Å². The van der Waals surface area contributed by atoms with Gasteiger partial charge in [0.15, 0.2) is 0 Å². The molecular formula is C10H16O2. The van der Waals surface area contributed by atoms with E-state index in [0.29, 0.717) is 17.8 Å². The van der Waals surface area contributed by atoms with E-state index in [0.717, 1.165) is 38.7 Å². The Kier molecular flexibility index (Phi) is 2.45. The van der Waals surface area contributed by atoms with Crippen LogP contribution in [0.5, 0.6) is 0 Å². The lowest BCUT2D eigenvalue weighted by Gasteiger charge is -2.07. The summed E-state index contributed by atoms with van der Waals surface area (Å²) in [6, 6.07) is 0. The Morgan fingerprint density at radius 1 is 1.33 bits per heavy atom. The van der Waals surface area contributed by atoms with Crippen molar-refractivity contribution >= 4 is 5.78 Å². The monoisotopic (exact) mass is 168 g/mol. The zero-order valence-electron chi connectivity index (χ0n) is 7.42. The zero-order valence-corrected chi connectivity index (χ0v) is 7.42. The second-order valence-corrected chi connectivity index (χ2v) is 3.91. The zero-order chi connectivity index (χ0) is 8.39. The molecule has 2 aliphatic rings. The standard InChI is InChI=1S/C10H16O2/c11-10(8-3-4-8)6-5-9-2-1-7-12-9/h8-9H,1-7H2. The third-order valence-corrected chi connectivity index (χ3v) is 2.77. The van der Waals surface area contributed by atoms with Crippen LogP contribution in [-0.4, -0.2) is 18.5 Å². The van der Waals surface area contributed by atoms with Crippen molar-refractivity contribution in [2.45, 2.75) is 44.6 Å². The van der Waals surface area contributed by atoms with Crippen molar-refractivity contribution in [2.24, 2.45) is 5.92 Å². The first-order valence-corrected chi connectivity index (χ1v) is 5.00. The number of ether oxygens (including phenoxy) is 1.